The summed E-state index contributed by atoms with van der Waals surface area (Å²) in [6.45, 7) is 0.825. The molecule has 1 spiro atoms. The molecule has 1 aromatic rings. The summed E-state index contributed by atoms with van der Waals surface area (Å²) in [6.07, 6.45) is 6.19. The average molecular weight is 264 g/mol. The van der Waals surface area contributed by atoms with E-state index in [2.05, 4.69) is 16.0 Å². The number of halogens is 1. The Morgan fingerprint density at radius 3 is 2.72 bits per heavy atom. The number of anilines is 1. The van der Waals surface area contributed by atoms with Crippen LogP contribution < -0.4 is 10.6 Å². The third-order valence-electron chi connectivity index (χ3n) is 4.09. The first-order valence-electron chi connectivity index (χ1n) is 6.57. The molecule has 1 saturated carbocycles. The SMILES string of the molecule is NC1=NCC2(CCCCC2)N1c1cccc(Cl)c1. The van der Waals surface area contributed by atoms with E-state index in [0.29, 0.717) is 5.96 Å². The van der Waals surface area contributed by atoms with Crippen molar-refractivity contribution in [2.24, 2.45) is 10.7 Å². The molecule has 3 nitrogen and oxygen atoms in total. The zero-order valence-corrected chi connectivity index (χ0v) is 11.2. The van der Waals surface area contributed by atoms with E-state index in [1.807, 2.05) is 18.2 Å². The summed E-state index contributed by atoms with van der Waals surface area (Å²) in [4.78, 5) is 6.68. The first-order valence-corrected chi connectivity index (χ1v) is 6.95. The maximum atomic E-state index is 6.10. The van der Waals surface area contributed by atoms with E-state index in [-0.39, 0.29) is 5.54 Å². The van der Waals surface area contributed by atoms with Gasteiger partial charge in [-0.05, 0) is 31.0 Å². The second-order valence-electron chi connectivity index (χ2n) is 5.27. The number of hydrogen-bond donors (Lipinski definition) is 1. The molecule has 4 heteroatoms. The Balaban J connectivity index is 1.98. The molecule has 2 aliphatic rings. The van der Waals surface area contributed by atoms with Gasteiger partial charge in [0.05, 0.1) is 12.1 Å². The molecule has 0 atom stereocenters. The van der Waals surface area contributed by atoms with Gasteiger partial charge in [0, 0.05) is 10.7 Å². The van der Waals surface area contributed by atoms with Crippen molar-refractivity contribution in [3.63, 3.8) is 0 Å². The van der Waals surface area contributed by atoms with Crippen LogP contribution in [0.3, 0.4) is 0 Å². The first kappa shape index (κ1) is 11.8. The van der Waals surface area contributed by atoms with Crippen LogP contribution in [0.5, 0.6) is 0 Å². The van der Waals surface area contributed by atoms with Gasteiger partial charge in [0.1, 0.15) is 0 Å². The van der Waals surface area contributed by atoms with Crippen LogP contribution in [0, 0.1) is 0 Å². The average Bonchev–Trinajstić information content (AvgIpc) is 2.67. The Bertz CT molecular complexity index is 478. The van der Waals surface area contributed by atoms with Gasteiger partial charge in [0.15, 0.2) is 5.96 Å². The van der Waals surface area contributed by atoms with Crippen LogP contribution in [0.4, 0.5) is 5.69 Å². The van der Waals surface area contributed by atoms with Crippen LogP contribution in [-0.2, 0) is 0 Å². The van der Waals surface area contributed by atoms with Crippen molar-refractivity contribution >= 4 is 23.2 Å². The third-order valence-corrected chi connectivity index (χ3v) is 4.32. The lowest BCUT2D eigenvalue weighted by Gasteiger charge is -2.42. The molecular weight excluding hydrogens is 246 g/mol. The summed E-state index contributed by atoms with van der Waals surface area (Å²) in [7, 11) is 0. The topological polar surface area (TPSA) is 41.6 Å². The highest BCUT2D eigenvalue weighted by atomic mass is 35.5. The molecule has 0 aromatic heterocycles. The van der Waals surface area contributed by atoms with Crippen LogP contribution >= 0.6 is 11.6 Å². The van der Waals surface area contributed by atoms with E-state index in [0.717, 1.165) is 17.3 Å². The lowest BCUT2D eigenvalue weighted by Crippen LogP contribution is -2.53. The standard InChI is InChI=1S/C14H18ClN3/c15-11-5-4-6-12(9-11)18-13(16)17-10-14(18)7-2-1-3-8-14/h4-6,9H,1-3,7-8,10H2,(H2,16,17). The fourth-order valence-corrected chi connectivity index (χ4v) is 3.41. The van der Waals surface area contributed by atoms with E-state index < -0.39 is 0 Å². The van der Waals surface area contributed by atoms with Gasteiger partial charge in [-0.2, -0.15) is 0 Å². The van der Waals surface area contributed by atoms with Crippen molar-refractivity contribution in [3.05, 3.63) is 29.3 Å². The molecule has 96 valence electrons. The molecule has 1 heterocycles. The molecule has 1 aromatic carbocycles. The van der Waals surface area contributed by atoms with Gasteiger partial charge in [0.2, 0.25) is 0 Å². The minimum absolute atomic E-state index is 0.104. The number of nitrogens with two attached hydrogens (primary N) is 1. The van der Waals surface area contributed by atoms with Crippen molar-refractivity contribution in [1.29, 1.82) is 0 Å². The van der Waals surface area contributed by atoms with Crippen LogP contribution in [0.25, 0.3) is 0 Å². The molecular formula is C14H18ClN3. The van der Waals surface area contributed by atoms with E-state index >= 15 is 0 Å². The molecule has 1 fully saturated rings. The fraction of sp³-hybridized carbons (Fsp3) is 0.500. The van der Waals surface area contributed by atoms with Gasteiger partial charge < -0.3 is 10.6 Å². The van der Waals surface area contributed by atoms with E-state index in [1.165, 1.54) is 32.1 Å². The summed E-state index contributed by atoms with van der Waals surface area (Å²) in [5, 5.41) is 0.748. The molecule has 1 aliphatic heterocycles. The number of hydrogen-bond acceptors (Lipinski definition) is 3. The second-order valence-corrected chi connectivity index (χ2v) is 5.71. The van der Waals surface area contributed by atoms with Crippen molar-refractivity contribution in [3.8, 4) is 0 Å². The zero-order chi connectivity index (χ0) is 12.6. The van der Waals surface area contributed by atoms with Gasteiger partial charge in [-0.1, -0.05) is 36.9 Å². The van der Waals surface area contributed by atoms with Gasteiger partial charge >= 0.3 is 0 Å². The summed E-state index contributed by atoms with van der Waals surface area (Å²) in [5.74, 6) is 0.638. The molecule has 1 aliphatic carbocycles. The van der Waals surface area contributed by atoms with Crippen LogP contribution in [0.1, 0.15) is 32.1 Å². The van der Waals surface area contributed by atoms with Gasteiger partial charge in [0.25, 0.3) is 0 Å². The first-order chi connectivity index (χ1) is 8.71. The van der Waals surface area contributed by atoms with Crippen LogP contribution in [0.2, 0.25) is 5.02 Å². The van der Waals surface area contributed by atoms with Gasteiger partial charge in [-0.3, -0.25) is 4.99 Å². The van der Waals surface area contributed by atoms with Crippen LogP contribution in [0.15, 0.2) is 29.3 Å². The molecule has 0 saturated heterocycles. The molecule has 0 radical (unpaired) electrons. The Hall–Kier alpha value is -1.22. The third kappa shape index (κ3) is 1.87. The number of benzene rings is 1. The largest absolute Gasteiger partial charge is 0.369 e. The minimum atomic E-state index is 0.104. The molecule has 18 heavy (non-hydrogen) atoms. The number of nitrogens with zero attached hydrogens (tertiary/aromatic N) is 2. The van der Waals surface area contributed by atoms with Crippen molar-refractivity contribution in [2.45, 2.75) is 37.6 Å². The highest BCUT2D eigenvalue weighted by molar-refractivity contribution is 6.31. The minimum Gasteiger partial charge on any atom is -0.369 e. The van der Waals surface area contributed by atoms with Gasteiger partial charge in [-0.15, -0.1) is 0 Å². The van der Waals surface area contributed by atoms with Gasteiger partial charge in [-0.25, -0.2) is 0 Å². The highest BCUT2D eigenvalue weighted by Gasteiger charge is 2.43. The molecule has 2 N–H and O–H groups in total. The Morgan fingerprint density at radius 2 is 2.00 bits per heavy atom. The fourth-order valence-electron chi connectivity index (χ4n) is 3.23. The quantitative estimate of drug-likeness (QED) is 0.846. The lowest BCUT2D eigenvalue weighted by atomic mass is 9.80. The molecule has 0 bridgehead atoms. The van der Waals surface area contributed by atoms with Crippen molar-refractivity contribution < 1.29 is 0 Å². The Kier molecular flexibility index (Phi) is 2.94. The summed E-state index contributed by atoms with van der Waals surface area (Å²) in [6, 6.07) is 7.91. The smallest absolute Gasteiger partial charge is 0.196 e. The van der Waals surface area contributed by atoms with Crippen LogP contribution in [-0.4, -0.2) is 18.0 Å². The predicted octanol–water partition coefficient (Wildman–Crippen LogP) is 3.18. The van der Waals surface area contributed by atoms with Crippen molar-refractivity contribution in [1.82, 2.24) is 0 Å². The lowest BCUT2D eigenvalue weighted by molar-refractivity contribution is 0.317. The summed E-state index contributed by atoms with van der Waals surface area (Å²) in [5.41, 5.74) is 7.28. The summed E-state index contributed by atoms with van der Waals surface area (Å²) < 4.78 is 0. The highest BCUT2D eigenvalue weighted by Crippen LogP contribution is 2.40. The normalized spacial score (nSPS) is 22.3. The Labute approximate surface area is 113 Å². The van der Waals surface area contributed by atoms with E-state index in [1.54, 1.807) is 0 Å². The maximum Gasteiger partial charge on any atom is 0.196 e. The summed E-state index contributed by atoms with van der Waals surface area (Å²) >= 11 is 6.09. The predicted molar refractivity (Wildman–Crippen MR) is 76.2 cm³/mol. The van der Waals surface area contributed by atoms with E-state index in [9.17, 15) is 0 Å². The number of aliphatic imine (C=N–C) groups is 1. The molecule has 3 rings (SSSR count). The second kappa shape index (κ2) is 4.47. The number of rotatable bonds is 1. The monoisotopic (exact) mass is 263 g/mol. The molecule has 0 amide bonds. The Morgan fingerprint density at radius 1 is 1.22 bits per heavy atom. The van der Waals surface area contributed by atoms with Crippen molar-refractivity contribution in [2.75, 3.05) is 11.4 Å². The zero-order valence-electron chi connectivity index (χ0n) is 10.4. The van der Waals surface area contributed by atoms with E-state index in [4.69, 9.17) is 17.3 Å². The molecule has 0 unspecified atom stereocenters. The number of guanidine groups is 1. The maximum absolute atomic E-state index is 6.10.